The number of halogens is 4. The van der Waals surface area contributed by atoms with Crippen LogP contribution in [0.5, 0.6) is 5.75 Å². The highest BCUT2D eigenvalue weighted by Crippen LogP contribution is 2.44. The minimum atomic E-state index is -4.71. The number of Topliss-reactive ketones (excluding diaryl/α,β-unsaturated/α-hetero) is 1. The molecular formula is C28H23F4NO4. The SMILES string of the molecule is COc1ccc(/C(O)=C2\C(=O)C(=O)N(c3cccc(C(F)(F)F)c3)C2c2ccccc2F)cc1C(C)C. The normalized spacial score (nSPS) is 17.5. The van der Waals surface area contributed by atoms with Gasteiger partial charge >= 0.3 is 6.18 Å². The van der Waals surface area contributed by atoms with Crippen molar-refractivity contribution in [3.8, 4) is 5.75 Å². The van der Waals surface area contributed by atoms with Crippen LogP contribution in [-0.2, 0) is 15.8 Å². The second-order valence-corrected chi connectivity index (χ2v) is 8.85. The molecule has 0 radical (unpaired) electrons. The van der Waals surface area contributed by atoms with Gasteiger partial charge in [-0.1, -0.05) is 38.1 Å². The molecular weight excluding hydrogens is 490 g/mol. The van der Waals surface area contributed by atoms with E-state index in [4.69, 9.17) is 4.74 Å². The average molecular weight is 513 g/mol. The number of alkyl halides is 3. The Hall–Kier alpha value is -4.14. The van der Waals surface area contributed by atoms with E-state index in [1.807, 2.05) is 13.8 Å². The molecule has 0 bridgehead atoms. The van der Waals surface area contributed by atoms with Gasteiger partial charge in [-0.25, -0.2) is 4.39 Å². The fourth-order valence-electron chi connectivity index (χ4n) is 4.41. The average Bonchev–Trinajstić information content (AvgIpc) is 3.13. The van der Waals surface area contributed by atoms with Crippen molar-refractivity contribution in [2.75, 3.05) is 12.0 Å². The number of hydrogen-bond donors (Lipinski definition) is 1. The first-order valence-electron chi connectivity index (χ1n) is 11.4. The maximum atomic E-state index is 15.0. The second-order valence-electron chi connectivity index (χ2n) is 8.85. The van der Waals surface area contributed by atoms with E-state index in [1.54, 1.807) is 12.1 Å². The lowest BCUT2D eigenvalue weighted by Gasteiger charge is -2.26. The van der Waals surface area contributed by atoms with Gasteiger partial charge in [-0.3, -0.25) is 14.5 Å². The molecule has 37 heavy (non-hydrogen) atoms. The van der Waals surface area contributed by atoms with Crippen molar-refractivity contribution in [3.05, 3.63) is 100 Å². The largest absolute Gasteiger partial charge is 0.507 e. The summed E-state index contributed by atoms with van der Waals surface area (Å²) >= 11 is 0. The molecule has 5 nitrogen and oxygen atoms in total. The second kappa shape index (κ2) is 9.72. The molecule has 4 rings (SSSR count). The van der Waals surface area contributed by atoms with Gasteiger partial charge < -0.3 is 9.84 Å². The minimum absolute atomic E-state index is 0.0300. The van der Waals surface area contributed by atoms with Crippen LogP contribution < -0.4 is 9.64 Å². The topological polar surface area (TPSA) is 66.8 Å². The van der Waals surface area contributed by atoms with Gasteiger partial charge in [-0.2, -0.15) is 13.2 Å². The third-order valence-electron chi connectivity index (χ3n) is 6.22. The van der Waals surface area contributed by atoms with Crippen LogP contribution in [0.2, 0.25) is 0 Å². The number of ketones is 1. The smallest absolute Gasteiger partial charge is 0.416 e. The predicted molar refractivity (Wildman–Crippen MR) is 130 cm³/mol. The van der Waals surface area contributed by atoms with E-state index in [0.29, 0.717) is 17.4 Å². The molecule has 0 aromatic heterocycles. The van der Waals surface area contributed by atoms with Crippen LogP contribution in [0.3, 0.4) is 0 Å². The highest BCUT2D eigenvalue weighted by molar-refractivity contribution is 6.51. The number of methoxy groups -OCH3 is 1. The molecule has 0 aliphatic carbocycles. The van der Waals surface area contributed by atoms with Gasteiger partial charge in [0, 0.05) is 16.8 Å². The molecule has 9 heteroatoms. The number of anilines is 1. The highest BCUT2D eigenvalue weighted by Gasteiger charge is 2.48. The molecule has 3 aromatic carbocycles. The van der Waals surface area contributed by atoms with Gasteiger partial charge in [-0.05, 0) is 53.9 Å². The molecule has 3 aromatic rings. The van der Waals surface area contributed by atoms with E-state index < -0.39 is 46.6 Å². The third kappa shape index (κ3) is 4.69. The number of hydrogen-bond acceptors (Lipinski definition) is 4. The summed E-state index contributed by atoms with van der Waals surface area (Å²) in [5, 5.41) is 11.3. The summed E-state index contributed by atoms with van der Waals surface area (Å²) in [6.45, 7) is 3.79. The fourth-order valence-corrected chi connectivity index (χ4v) is 4.41. The van der Waals surface area contributed by atoms with Crippen molar-refractivity contribution < 1.29 is 37.0 Å². The first kappa shape index (κ1) is 25.9. The maximum Gasteiger partial charge on any atom is 0.416 e. The summed E-state index contributed by atoms with van der Waals surface area (Å²) < 4.78 is 60.6. The van der Waals surface area contributed by atoms with Crippen LogP contribution in [0.15, 0.2) is 72.3 Å². The Morgan fingerprint density at radius 2 is 1.70 bits per heavy atom. The van der Waals surface area contributed by atoms with Crippen molar-refractivity contribution in [1.82, 2.24) is 0 Å². The maximum absolute atomic E-state index is 15.0. The van der Waals surface area contributed by atoms with E-state index in [1.165, 1.54) is 37.4 Å². The van der Waals surface area contributed by atoms with E-state index in [-0.39, 0.29) is 22.7 Å². The van der Waals surface area contributed by atoms with Crippen molar-refractivity contribution in [3.63, 3.8) is 0 Å². The summed E-state index contributed by atoms with van der Waals surface area (Å²) in [6, 6.07) is 12.3. The summed E-state index contributed by atoms with van der Waals surface area (Å²) in [5.41, 5.74) is -1.02. The number of rotatable bonds is 5. The van der Waals surface area contributed by atoms with Crippen LogP contribution in [0.25, 0.3) is 5.76 Å². The van der Waals surface area contributed by atoms with Crippen molar-refractivity contribution >= 4 is 23.1 Å². The summed E-state index contributed by atoms with van der Waals surface area (Å²) in [5.74, 6) is -3.20. The molecule has 192 valence electrons. The van der Waals surface area contributed by atoms with Crippen LogP contribution in [0.1, 0.15) is 48.1 Å². The van der Waals surface area contributed by atoms with Crippen molar-refractivity contribution in [2.45, 2.75) is 32.0 Å². The van der Waals surface area contributed by atoms with E-state index >= 15 is 4.39 Å². The molecule has 0 spiro atoms. The number of benzene rings is 3. The van der Waals surface area contributed by atoms with Crippen molar-refractivity contribution in [1.29, 1.82) is 0 Å². The van der Waals surface area contributed by atoms with Crippen LogP contribution in [-0.4, -0.2) is 23.9 Å². The first-order chi connectivity index (χ1) is 17.5. The third-order valence-corrected chi connectivity index (χ3v) is 6.22. The Balaban J connectivity index is 1.97. The molecule has 1 aliphatic rings. The lowest BCUT2D eigenvalue weighted by molar-refractivity contribution is -0.137. The summed E-state index contributed by atoms with van der Waals surface area (Å²) in [7, 11) is 1.49. The zero-order valence-corrected chi connectivity index (χ0v) is 20.1. The number of carbonyl (C=O) groups is 2. The zero-order valence-electron chi connectivity index (χ0n) is 20.1. The highest BCUT2D eigenvalue weighted by atomic mass is 19.4. The fraction of sp³-hybridized carbons (Fsp3) is 0.214. The molecule has 1 amide bonds. The number of aliphatic hydroxyl groups excluding tert-OH is 1. The lowest BCUT2D eigenvalue weighted by atomic mass is 9.92. The minimum Gasteiger partial charge on any atom is -0.507 e. The first-order valence-corrected chi connectivity index (χ1v) is 11.4. The molecule has 1 N–H and O–H groups in total. The Morgan fingerprint density at radius 1 is 1.00 bits per heavy atom. The molecule has 1 saturated heterocycles. The molecule has 1 atom stereocenters. The van der Waals surface area contributed by atoms with Crippen LogP contribution >= 0.6 is 0 Å². The molecule has 1 fully saturated rings. The van der Waals surface area contributed by atoms with E-state index in [2.05, 4.69) is 0 Å². The number of carbonyl (C=O) groups excluding carboxylic acids is 2. The molecule has 1 aliphatic heterocycles. The van der Waals surface area contributed by atoms with Crippen LogP contribution in [0, 0.1) is 5.82 Å². The zero-order chi connectivity index (χ0) is 27.1. The van der Waals surface area contributed by atoms with E-state index in [9.17, 15) is 27.9 Å². The van der Waals surface area contributed by atoms with Gasteiger partial charge in [0.25, 0.3) is 11.7 Å². The Labute approximate surface area is 210 Å². The molecule has 1 unspecified atom stereocenters. The van der Waals surface area contributed by atoms with Gasteiger partial charge in [-0.15, -0.1) is 0 Å². The number of nitrogens with zero attached hydrogens (tertiary/aromatic N) is 1. The Morgan fingerprint density at radius 3 is 2.32 bits per heavy atom. The lowest BCUT2D eigenvalue weighted by Crippen LogP contribution is -2.30. The summed E-state index contributed by atoms with van der Waals surface area (Å²) in [4.78, 5) is 27.2. The summed E-state index contributed by atoms with van der Waals surface area (Å²) in [6.07, 6.45) is -4.71. The number of ether oxygens (including phenoxy) is 1. The molecule has 1 heterocycles. The van der Waals surface area contributed by atoms with Gasteiger partial charge in [0.1, 0.15) is 17.3 Å². The van der Waals surface area contributed by atoms with Gasteiger partial charge in [0.2, 0.25) is 0 Å². The predicted octanol–water partition coefficient (Wildman–Crippen LogP) is 6.60. The number of aliphatic hydroxyl groups is 1. The standard InChI is InChI=1S/C28H23F4NO4/c1-15(2)20-13-16(11-12-22(20)37-3)25(34)23-24(19-9-4-5-10-21(19)29)33(27(36)26(23)35)18-8-6-7-17(14-18)28(30,31)32/h4-15,24,34H,1-3H3/b25-23+. The van der Waals surface area contributed by atoms with Crippen molar-refractivity contribution in [2.24, 2.45) is 0 Å². The Kier molecular flexibility index (Phi) is 6.82. The quantitative estimate of drug-likeness (QED) is 0.181. The van der Waals surface area contributed by atoms with Gasteiger partial charge in [0.05, 0.1) is 24.3 Å². The Bertz CT molecular complexity index is 1410. The van der Waals surface area contributed by atoms with Crippen LogP contribution in [0.4, 0.5) is 23.2 Å². The van der Waals surface area contributed by atoms with Gasteiger partial charge in [0.15, 0.2) is 0 Å². The molecule has 0 saturated carbocycles. The van der Waals surface area contributed by atoms with E-state index in [0.717, 1.165) is 23.1 Å². The number of amides is 1. The monoisotopic (exact) mass is 513 g/mol.